The summed E-state index contributed by atoms with van der Waals surface area (Å²) >= 11 is 0. The summed E-state index contributed by atoms with van der Waals surface area (Å²) in [6.07, 6.45) is 12.7. The fourth-order valence-corrected chi connectivity index (χ4v) is 2.88. The van der Waals surface area contributed by atoms with Crippen LogP contribution in [0.4, 0.5) is 0 Å². The molecule has 6 heteroatoms. The van der Waals surface area contributed by atoms with Crippen LogP contribution >= 0.6 is 0 Å². The van der Waals surface area contributed by atoms with E-state index in [1.54, 1.807) is 12.5 Å². The fourth-order valence-electron chi connectivity index (χ4n) is 2.88. The van der Waals surface area contributed by atoms with Crippen LogP contribution in [-0.2, 0) is 20.9 Å². The third-order valence-electron chi connectivity index (χ3n) is 4.08. The van der Waals surface area contributed by atoms with E-state index < -0.39 is 0 Å². The van der Waals surface area contributed by atoms with Gasteiger partial charge < -0.3 is 14.1 Å². The SMILES string of the molecule is CCOC(=O)CCCON=C(Cn1ccnc1)C1CCCCC1. The van der Waals surface area contributed by atoms with Crippen molar-refractivity contribution in [2.24, 2.45) is 11.1 Å². The number of ether oxygens (including phenoxy) is 1. The zero-order valence-corrected chi connectivity index (χ0v) is 13.9. The summed E-state index contributed by atoms with van der Waals surface area (Å²) in [7, 11) is 0. The van der Waals surface area contributed by atoms with Crippen molar-refractivity contribution < 1.29 is 14.4 Å². The van der Waals surface area contributed by atoms with Crippen molar-refractivity contribution in [3.63, 3.8) is 0 Å². The lowest BCUT2D eigenvalue weighted by molar-refractivity contribution is -0.143. The van der Waals surface area contributed by atoms with Gasteiger partial charge in [-0.25, -0.2) is 4.98 Å². The highest BCUT2D eigenvalue weighted by molar-refractivity contribution is 5.86. The van der Waals surface area contributed by atoms with E-state index >= 15 is 0 Å². The molecule has 1 saturated carbocycles. The van der Waals surface area contributed by atoms with Gasteiger partial charge in [0.2, 0.25) is 0 Å². The Bertz CT molecular complexity index is 479. The second-order valence-corrected chi connectivity index (χ2v) is 5.89. The van der Waals surface area contributed by atoms with E-state index in [0.29, 0.717) is 32.0 Å². The Morgan fingerprint density at radius 3 is 2.87 bits per heavy atom. The van der Waals surface area contributed by atoms with Crippen molar-refractivity contribution in [1.29, 1.82) is 0 Å². The molecule has 1 aliphatic carbocycles. The Hall–Kier alpha value is -1.85. The maximum Gasteiger partial charge on any atom is 0.305 e. The molecule has 0 aliphatic heterocycles. The molecule has 1 fully saturated rings. The lowest BCUT2D eigenvalue weighted by Crippen LogP contribution is -2.23. The van der Waals surface area contributed by atoms with Crippen molar-refractivity contribution >= 4 is 11.7 Å². The number of carbonyl (C=O) groups excluding carboxylic acids is 1. The van der Waals surface area contributed by atoms with Gasteiger partial charge in [-0.2, -0.15) is 0 Å². The number of nitrogens with zero attached hydrogens (tertiary/aromatic N) is 3. The molecule has 0 amide bonds. The minimum Gasteiger partial charge on any atom is -0.466 e. The van der Waals surface area contributed by atoms with Gasteiger partial charge in [-0.15, -0.1) is 0 Å². The van der Waals surface area contributed by atoms with Crippen molar-refractivity contribution in [2.45, 2.75) is 58.4 Å². The molecule has 0 unspecified atom stereocenters. The van der Waals surface area contributed by atoms with Gasteiger partial charge in [0.05, 0.1) is 25.2 Å². The Morgan fingerprint density at radius 1 is 1.35 bits per heavy atom. The van der Waals surface area contributed by atoms with E-state index in [-0.39, 0.29) is 5.97 Å². The van der Waals surface area contributed by atoms with Crippen LogP contribution in [0.25, 0.3) is 0 Å². The third-order valence-corrected chi connectivity index (χ3v) is 4.08. The first-order valence-electron chi connectivity index (χ1n) is 8.59. The van der Waals surface area contributed by atoms with E-state index in [9.17, 15) is 4.79 Å². The molecule has 0 N–H and O–H groups in total. The highest BCUT2D eigenvalue weighted by atomic mass is 16.6. The lowest BCUT2D eigenvalue weighted by atomic mass is 9.86. The van der Waals surface area contributed by atoms with Crippen LogP contribution in [0.2, 0.25) is 0 Å². The molecule has 23 heavy (non-hydrogen) atoms. The second-order valence-electron chi connectivity index (χ2n) is 5.89. The molecule has 6 nitrogen and oxygen atoms in total. The normalized spacial score (nSPS) is 16.3. The molecule has 1 aromatic rings. The average Bonchev–Trinajstić information content (AvgIpc) is 3.07. The molecular formula is C17H27N3O3. The van der Waals surface area contributed by atoms with Crippen molar-refractivity contribution in [2.75, 3.05) is 13.2 Å². The maximum atomic E-state index is 11.3. The minimum absolute atomic E-state index is 0.175. The Kier molecular flexibility index (Phi) is 7.63. The maximum absolute atomic E-state index is 11.3. The van der Waals surface area contributed by atoms with Crippen molar-refractivity contribution in [3.8, 4) is 0 Å². The average molecular weight is 321 g/mol. The van der Waals surface area contributed by atoms with Crippen molar-refractivity contribution in [3.05, 3.63) is 18.7 Å². The minimum atomic E-state index is -0.175. The molecule has 128 valence electrons. The monoisotopic (exact) mass is 321 g/mol. The summed E-state index contributed by atoms with van der Waals surface area (Å²) in [5.41, 5.74) is 1.08. The van der Waals surface area contributed by atoms with E-state index in [4.69, 9.17) is 9.57 Å². The number of oxime groups is 1. The van der Waals surface area contributed by atoms with Crippen LogP contribution in [0, 0.1) is 5.92 Å². The number of aromatic nitrogens is 2. The van der Waals surface area contributed by atoms with Gasteiger partial charge in [0.1, 0.15) is 6.61 Å². The summed E-state index contributed by atoms with van der Waals surface area (Å²) in [6.45, 7) is 3.40. The molecule has 1 aromatic heterocycles. The Balaban J connectivity index is 1.81. The second kappa shape index (κ2) is 10.0. The van der Waals surface area contributed by atoms with Crippen LogP contribution in [0.3, 0.4) is 0 Å². The summed E-state index contributed by atoms with van der Waals surface area (Å²) in [5.74, 6) is 0.321. The zero-order valence-electron chi connectivity index (χ0n) is 13.9. The van der Waals surface area contributed by atoms with Crippen LogP contribution in [-0.4, -0.2) is 34.4 Å². The van der Waals surface area contributed by atoms with E-state index in [1.807, 2.05) is 17.7 Å². The molecule has 1 heterocycles. The molecule has 0 spiro atoms. The van der Waals surface area contributed by atoms with E-state index in [2.05, 4.69) is 10.1 Å². The number of carbonyl (C=O) groups is 1. The summed E-state index contributed by atoms with van der Waals surface area (Å²) in [5, 5.41) is 4.38. The number of imidazole rings is 1. The van der Waals surface area contributed by atoms with E-state index in [1.165, 1.54) is 32.1 Å². The molecule has 0 aromatic carbocycles. The first-order valence-corrected chi connectivity index (χ1v) is 8.59. The smallest absolute Gasteiger partial charge is 0.305 e. The van der Waals surface area contributed by atoms with Crippen LogP contribution in [0.15, 0.2) is 23.9 Å². The van der Waals surface area contributed by atoms with Gasteiger partial charge in [0.15, 0.2) is 0 Å². The standard InChI is InChI=1S/C17H27N3O3/c1-2-22-17(21)9-6-12-23-19-16(13-20-11-10-18-14-20)15-7-4-3-5-8-15/h10-11,14-15H,2-9,12-13H2,1H3. The van der Waals surface area contributed by atoms with Gasteiger partial charge in [-0.3, -0.25) is 4.79 Å². The first kappa shape index (κ1) is 17.5. The third kappa shape index (κ3) is 6.42. The van der Waals surface area contributed by atoms with Gasteiger partial charge in [-0.1, -0.05) is 24.4 Å². The van der Waals surface area contributed by atoms with Gasteiger partial charge in [-0.05, 0) is 26.2 Å². The lowest BCUT2D eigenvalue weighted by Gasteiger charge is -2.23. The molecule has 0 atom stereocenters. The van der Waals surface area contributed by atoms with Gasteiger partial charge >= 0.3 is 5.97 Å². The molecule has 2 rings (SSSR count). The van der Waals surface area contributed by atoms with E-state index in [0.717, 1.165) is 12.3 Å². The van der Waals surface area contributed by atoms with Crippen LogP contribution < -0.4 is 0 Å². The largest absolute Gasteiger partial charge is 0.466 e. The highest BCUT2D eigenvalue weighted by Crippen LogP contribution is 2.25. The fraction of sp³-hybridized carbons (Fsp3) is 0.706. The number of hydrogen-bond donors (Lipinski definition) is 0. The predicted octanol–water partition coefficient (Wildman–Crippen LogP) is 3.18. The highest BCUT2D eigenvalue weighted by Gasteiger charge is 2.20. The van der Waals surface area contributed by atoms with Crippen LogP contribution in [0.1, 0.15) is 51.9 Å². The topological polar surface area (TPSA) is 65.7 Å². The Morgan fingerprint density at radius 2 is 2.17 bits per heavy atom. The number of esters is 1. The quantitative estimate of drug-likeness (QED) is 0.303. The molecule has 1 aliphatic rings. The molecular weight excluding hydrogens is 294 g/mol. The molecule has 0 saturated heterocycles. The van der Waals surface area contributed by atoms with Gasteiger partial charge in [0.25, 0.3) is 0 Å². The Labute approximate surface area is 137 Å². The predicted molar refractivity (Wildman–Crippen MR) is 88.1 cm³/mol. The molecule has 0 bridgehead atoms. The first-order chi connectivity index (χ1) is 11.3. The molecule has 0 radical (unpaired) electrons. The number of rotatable bonds is 9. The van der Waals surface area contributed by atoms with Crippen LogP contribution in [0.5, 0.6) is 0 Å². The van der Waals surface area contributed by atoms with Crippen molar-refractivity contribution in [1.82, 2.24) is 9.55 Å². The summed E-state index contributed by atoms with van der Waals surface area (Å²) in [4.78, 5) is 20.8. The number of hydrogen-bond acceptors (Lipinski definition) is 5. The summed E-state index contributed by atoms with van der Waals surface area (Å²) < 4.78 is 6.92. The van der Waals surface area contributed by atoms with Gasteiger partial charge in [0, 0.05) is 24.7 Å². The summed E-state index contributed by atoms with van der Waals surface area (Å²) in [6, 6.07) is 0. The zero-order chi connectivity index (χ0) is 16.3.